The Labute approximate surface area is 109 Å². The highest BCUT2D eigenvalue weighted by atomic mass is 32.2. The van der Waals surface area contributed by atoms with E-state index in [9.17, 15) is 8.42 Å². The minimum atomic E-state index is -3.23. The van der Waals surface area contributed by atoms with Crippen LogP contribution in [0.5, 0.6) is 0 Å². The molecule has 2 rings (SSSR count). The Morgan fingerprint density at radius 3 is 2.72 bits per heavy atom. The van der Waals surface area contributed by atoms with Gasteiger partial charge in [0.25, 0.3) is 0 Å². The van der Waals surface area contributed by atoms with E-state index in [0.29, 0.717) is 12.6 Å². The summed E-state index contributed by atoms with van der Waals surface area (Å²) in [7, 11) is -1.61. The maximum absolute atomic E-state index is 12.1. The number of benzene rings is 1. The molecule has 1 aromatic rings. The van der Waals surface area contributed by atoms with Gasteiger partial charge in [-0.05, 0) is 37.5 Å². The molecule has 100 valence electrons. The zero-order valence-electron chi connectivity index (χ0n) is 10.9. The van der Waals surface area contributed by atoms with Gasteiger partial charge in [0.05, 0.1) is 11.4 Å². The molecule has 0 atom stereocenters. The smallest absolute Gasteiger partial charge is 0.236 e. The van der Waals surface area contributed by atoms with Crippen LogP contribution >= 0.6 is 0 Å². The Hall–Kier alpha value is -1.07. The van der Waals surface area contributed by atoms with Crippen LogP contribution in [-0.4, -0.2) is 33.8 Å². The summed E-state index contributed by atoms with van der Waals surface area (Å²) >= 11 is 0. The molecule has 0 unspecified atom stereocenters. The number of nitrogens with zero attached hydrogens (tertiary/aromatic N) is 1. The number of aryl methyl sites for hydroxylation is 1. The predicted octanol–water partition coefficient (Wildman–Crippen LogP) is 1.51. The molecule has 0 heterocycles. The van der Waals surface area contributed by atoms with E-state index in [2.05, 4.69) is 5.32 Å². The number of hydrogen-bond donors (Lipinski definition) is 1. The topological polar surface area (TPSA) is 49.4 Å². The van der Waals surface area contributed by atoms with E-state index in [1.165, 1.54) is 17.1 Å². The molecule has 0 aromatic heterocycles. The summed E-state index contributed by atoms with van der Waals surface area (Å²) in [5, 5.41) is 3.22. The monoisotopic (exact) mass is 268 g/mol. The zero-order chi connectivity index (χ0) is 13.2. The molecular formula is C13H20N2O2S. The van der Waals surface area contributed by atoms with Crippen molar-refractivity contribution in [1.29, 1.82) is 0 Å². The van der Waals surface area contributed by atoms with Gasteiger partial charge in [-0.25, -0.2) is 8.42 Å². The maximum Gasteiger partial charge on any atom is 0.236 e. The standard InChI is InChI=1S/C13H20N2O2S/c1-11-4-3-5-13(10-11)15(2)18(16,17)9-8-14-12-6-7-12/h3-5,10,12,14H,6-9H2,1-2H3. The summed E-state index contributed by atoms with van der Waals surface area (Å²) in [5.41, 5.74) is 1.78. The van der Waals surface area contributed by atoms with Crippen LogP contribution in [0.1, 0.15) is 18.4 Å². The quantitative estimate of drug-likeness (QED) is 0.851. The maximum atomic E-state index is 12.1. The molecule has 1 N–H and O–H groups in total. The third-order valence-corrected chi connectivity index (χ3v) is 4.92. The van der Waals surface area contributed by atoms with Gasteiger partial charge in [-0.1, -0.05) is 12.1 Å². The fourth-order valence-corrected chi connectivity index (χ4v) is 2.89. The number of nitrogens with one attached hydrogen (secondary N) is 1. The lowest BCUT2D eigenvalue weighted by molar-refractivity contribution is 0.589. The summed E-state index contributed by atoms with van der Waals surface area (Å²) in [6.45, 7) is 2.49. The van der Waals surface area contributed by atoms with Crippen molar-refractivity contribution < 1.29 is 8.42 Å². The Balaban J connectivity index is 1.99. The summed E-state index contributed by atoms with van der Waals surface area (Å²) in [5.74, 6) is 0.147. The summed E-state index contributed by atoms with van der Waals surface area (Å²) in [6, 6.07) is 8.08. The zero-order valence-corrected chi connectivity index (χ0v) is 11.7. The second-order valence-corrected chi connectivity index (χ2v) is 6.97. The van der Waals surface area contributed by atoms with Crippen molar-refractivity contribution in [1.82, 2.24) is 5.32 Å². The molecular weight excluding hydrogens is 248 g/mol. The third kappa shape index (κ3) is 3.46. The van der Waals surface area contributed by atoms with Crippen LogP contribution in [0.25, 0.3) is 0 Å². The summed E-state index contributed by atoms with van der Waals surface area (Å²) in [6.07, 6.45) is 2.35. The van der Waals surface area contributed by atoms with Gasteiger partial charge in [-0.15, -0.1) is 0 Å². The first-order chi connectivity index (χ1) is 8.49. The van der Waals surface area contributed by atoms with E-state index >= 15 is 0 Å². The van der Waals surface area contributed by atoms with Gasteiger partial charge in [-0.3, -0.25) is 4.31 Å². The van der Waals surface area contributed by atoms with Crippen molar-refractivity contribution >= 4 is 15.7 Å². The molecule has 18 heavy (non-hydrogen) atoms. The molecule has 0 amide bonds. The minimum absolute atomic E-state index is 0.147. The van der Waals surface area contributed by atoms with E-state index < -0.39 is 10.0 Å². The second kappa shape index (κ2) is 5.28. The molecule has 1 aliphatic carbocycles. The van der Waals surface area contributed by atoms with Gasteiger partial charge in [0, 0.05) is 19.6 Å². The largest absolute Gasteiger partial charge is 0.313 e. The number of sulfonamides is 1. The van der Waals surface area contributed by atoms with E-state index in [1.54, 1.807) is 7.05 Å². The molecule has 1 saturated carbocycles. The van der Waals surface area contributed by atoms with Crippen molar-refractivity contribution in [3.63, 3.8) is 0 Å². The number of anilines is 1. The van der Waals surface area contributed by atoms with Crippen LogP contribution < -0.4 is 9.62 Å². The molecule has 1 fully saturated rings. The van der Waals surface area contributed by atoms with Gasteiger partial charge < -0.3 is 5.32 Å². The second-order valence-electron chi connectivity index (χ2n) is 4.85. The first-order valence-corrected chi connectivity index (χ1v) is 7.86. The normalized spacial score (nSPS) is 15.7. The average Bonchev–Trinajstić information content (AvgIpc) is 3.12. The molecule has 0 bridgehead atoms. The molecule has 5 heteroatoms. The molecule has 1 aromatic carbocycles. The van der Waals surface area contributed by atoms with Crippen LogP contribution in [0.2, 0.25) is 0 Å². The van der Waals surface area contributed by atoms with Crippen LogP contribution in [-0.2, 0) is 10.0 Å². The fourth-order valence-electron chi connectivity index (χ4n) is 1.80. The van der Waals surface area contributed by atoms with Crippen LogP contribution in [0.15, 0.2) is 24.3 Å². The van der Waals surface area contributed by atoms with Crippen molar-refractivity contribution in [2.75, 3.05) is 23.7 Å². The Bertz CT molecular complexity index is 509. The van der Waals surface area contributed by atoms with Crippen molar-refractivity contribution in [3.8, 4) is 0 Å². The highest BCUT2D eigenvalue weighted by Crippen LogP contribution is 2.19. The third-order valence-electron chi connectivity index (χ3n) is 3.15. The first-order valence-electron chi connectivity index (χ1n) is 6.26. The lowest BCUT2D eigenvalue weighted by atomic mass is 10.2. The van der Waals surface area contributed by atoms with Gasteiger partial charge in [0.2, 0.25) is 10.0 Å². The Kier molecular flexibility index (Phi) is 3.92. The van der Waals surface area contributed by atoms with Crippen molar-refractivity contribution in [3.05, 3.63) is 29.8 Å². The van der Waals surface area contributed by atoms with Crippen molar-refractivity contribution in [2.45, 2.75) is 25.8 Å². The fraction of sp³-hybridized carbons (Fsp3) is 0.538. The van der Waals surface area contributed by atoms with Gasteiger partial charge in [-0.2, -0.15) is 0 Å². The first kappa shape index (κ1) is 13.4. The van der Waals surface area contributed by atoms with E-state index in [4.69, 9.17) is 0 Å². The number of rotatable bonds is 6. The van der Waals surface area contributed by atoms with Crippen LogP contribution in [0.4, 0.5) is 5.69 Å². The molecule has 0 spiro atoms. The molecule has 1 aliphatic rings. The minimum Gasteiger partial charge on any atom is -0.313 e. The summed E-state index contributed by atoms with van der Waals surface area (Å²) < 4.78 is 25.6. The molecule has 0 radical (unpaired) electrons. The Morgan fingerprint density at radius 1 is 1.39 bits per heavy atom. The number of hydrogen-bond acceptors (Lipinski definition) is 3. The van der Waals surface area contributed by atoms with E-state index in [-0.39, 0.29) is 5.75 Å². The summed E-state index contributed by atoms with van der Waals surface area (Å²) in [4.78, 5) is 0. The lowest BCUT2D eigenvalue weighted by Gasteiger charge is -2.20. The van der Waals surface area contributed by atoms with Crippen LogP contribution in [0.3, 0.4) is 0 Å². The average molecular weight is 268 g/mol. The van der Waals surface area contributed by atoms with Crippen LogP contribution in [0, 0.1) is 6.92 Å². The van der Waals surface area contributed by atoms with Gasteiger partial charge in [0.15, 0.2) is 0 Å². The highest BCUT2D eigenvalue weighted by Gasteiger charge is 2.23. The molecule has 0 saturated heterocycles. The van der Waals surface area contributed by atoms with E-state index in [1.807, 2.05) is 31.2 Å². The molecule has 0 aliphatic heterocycles. The Morgan fingerprint density at radius 2 is 2.11 bits per heavy atom. The van der Waals surface area contributed by atoms with Gasteiger partial charge >= 0.3 is 0 Å². The SMILES string of the molecule is Cc1cccc(N(C)S(=O)(=O)CCNC2CC2)c1. The van der Waals surface area contributed by atoms with E-state index in [0.717, 1.165) is 11.3 Å². The molecule has 4 nitrogen and oxygen atoms in total. The van der Waals surface area contributed by atoms with Gasteiger partial charge in [0.1, 0.15) is 0 Å². The van der Waals surface area contributed by atoms with Crippen molar-refractivity contribution in [2.24, 2.45) is 0 Å². The predicted molar refractivity (Wildman–Crippen MR) is 74.4 cm³/mol. The lowest BCUT2D eigenvalue weighted by Crippen LogP contribution is -2.34. The highest BCUT2D eigenvalue weighted by molar-refractivity contribution is 7.92.